The lowest BCUT2D eigenvalue weighted by Crippen LogP contribution is -2.34. The third kappa shape index (κ3) is 14.5. The Morgan fingerprint density at radius 3 is 2.19 bits per heavy atom. The number of carbonyl (C=O) groups excluding carboxylic acids is 2. The number of piperidine rings is 1. The van der Waals surface area contributed by atoms with Crippen molar-refractivity contribution in [3.63, 3.8) is 0 Å². The fraction of sp³-hybridized carbons (Fsp3) is 0.618. The highest BCUT2D eigenvalue weighted by Crippen LogP contribution is 2.53. The van der Waals surface area contributed by atoms with Crippen LogP contribution in [0.5, 0.6) is 11.5 Å². The van der Waals surface area contributed by atoms with Crippen molar-refractivity contribution in [3.05, 3.63) is 30.2 Å². The number of nitrogens with one attached hydrogen (secondary N) is 1. The first kappa shape index (κ1) is 38.7. The highest BCUT2D eigenvalue weighted by molar-refractivity contribution is 5.77. The van der Waals surface area contributed by atoms with Gasteiger partial charge in [0.15, 0.2) is 0 Å². The number of amides is 1. The predicted octanol–water partition coefficient (Wildman–Crippen LogP) is 6.83. The van der Waals surface area contributed by atoms with Gasteiger partial charge in [0.1, 0.15) is 23.1 Å². The number of likely N-dealkylation sites (tertiary alicyclic amines) is 1. The summed E-state index contributed by atoms with van der Waals surface area (Å²) in [6.45, 7) is 12.2. The molecule has 1 aliphatic carbocycles. The maximum atomic E-state index is 11.3. The number of ether oxygens (including phenoxy) is 2. The quantitative estimate of drug-likeness (QED) is 0.161. The number of H-pyrrole nitrogens is 1. The van der Waals surface area contributed by atoms with Gasteiger partial charge in [0.25, 0.3) is 0 Å². The number of aryl methyl sites for hydroxylation is 1. The van der Waals surface area contributed by atoms with Gasteiger partial charge in [0, 0.05) is 30.9 Å². The lowest BCUT2D eigenvalue weighted by atomic mass is 9.94. The van der Waals surface area contributed by atoms with Crippen molar-refractivity contribution in [3.8, 4) is 35.6 Å². The number of hydrogen-bond donors (Lipinski definition) is 2. The zero-order chi connectivity index (χ0) is 31.8. The molecule has 8 heteroatoms. The maximum absolute atomic E-state index is 11.3. The Bertz CT molecular complexity index is 1000. The summed E-state index contributed by atoms with van der Waals surface area (Å²) in [6.07, 6.45) is 22.7. The summed E-state index contributed by atoms with van der Waals surface area (Å²) in [6, 6.07) is 5.75. The van der Waals surface area contributed by atoms with Gasteiger partial charge in [-0.3, -0.25) is 9.59 Å². The largest absolute Gasteiger partial charge is 0.497 e. The molecule has 1 spiro atoms. The van der Waals surface area contributed by atoms with Gasteiger partial charge in [-0.2, -0.15) is 0 Å². The molecule has 1 aromatic heterocycles. The number of aromatic amines is 1. The van der Waals surface area contributed by atoms with Crippen LogP contribution in [0.2, 0.25) is 0 Å². The van der Waals surface area contributed by atoms with E-state index in [-0.39, 0.29) is 6.41 Å². The lowest BCUT2D eigenvalue weighted by molar-refractivity contribution is -0.118. The first-order chi connectivity index (χ1) is 20.4. The van der Waals surface area contributed by atoms with E-state index in [0.29, 0.717) is 12.2 Å². The van der Waals surface area contributed by atoms with Crippen LogP contribution in [-0.2, 0) is 16.0 Å². The number of nitrogens with two attached hydrogens (primary N) is 1. The second kappa shape index (κ2) is 23.3. The molecular weight excluding hydrogens is 528 g/mol. The smallest absolute Gasteiger partial charge is 0.204 e. The van der Waals surface area contributed by atoms with E-state index in [0.717, 1.165) is 72.5 Å². The van der Waals surface area contributed by atoms with Crippen molar-refractivity contribution in [2.24, 2.45) is 11.1 Å². The van der Waals surface area contributed by atoms with Gasteiger partial charge < -0.3 is 25.1 Å². The number of carbonyl (C=O) groups is 2. The molecule has 4 rings (SSSR count). The third-order valence-corrected chi connectivity index (χ3v) is 7.66. The second-order valence-electron chi connectivity index (χ2n) is 10.2. The Morgan fingerprint density at radius 2 is 1.67 bits per heavy atom. The van der Waals surface area contributed by atoms with Crippen LogP contribution in [0, 0.1) is 18.3 Å². The van der Waals surface area contributed by atoms with E-state index in [1.165, 1.54) is 45.3 Å². The zero-order valence-corrected chi connectivity index (χ0v) is 27.0. The Balaban J connectivity index is 0.000000810. The highest BCUT2D eigenvalue weighted by Gasteiger charge is 2.43. The Kier molecular flexibility index (Phi) is 21.4. The Hall–Kier alpha value is -3.31. The molecule has 1 saturated carbocycles. The molecule has 1 aliphatic heterocycles. The van der Waals surface area contributed by atoms with Crippen LogP contribution in [0.3, 0.4) is 0 Å². The summed E-state index contributed by atoms with van der Waals surface area (Å²) in [5.41, 5.74) is 6.95. The molecule has 0 unspecified atom stereocenters. The number of benzene rings is 1. The molecular formula is C34H56N4O4. The summed E-state index contributed by atoms with van der Waals surface area (Å²) in [5, 5.41) is 0. The fourth-order valence-electron chi connectivity index (χ4n) is 4.81. The van der Waals surface area contributed by atoms with Crippen LogP contribution in [0.4, 0.5) is 0 Å². The number of hydrogen-bond acceptors (Lipinski definition) is 6. The normalized spacial score (nSPS) is 14.2. The van der Waals surface area contributed by atoms with Gasteiger partial charge in [0.2, 0.25) is 6.41 Å². The predicted molar refractivity (Wildman–Crippen MR) is 174 cm³/mol. The first-order valence-electron chi connectivity index (χ1n) is 15.4. The molecule has 2 heterocycles. The average Bonchev–Trinajstić information content (AvgIpc) is 3.63. The lowest BCUT2D eigenvalue weighted by Gasteiger charge is -2.30. The van der Waals surface area contributed by atoms with Gasteiger partial charge in [0.05, 0.1) is 26.1 Å². The van der Waals surface area contributed by atoms with Crippen LogP contribution in [0.15, 0.2) is 24.4 Å². The zero-order valence-electron chi connectivity index (χ0n) is 27.0. The number of rotatable bonds is 12. The van der Waals surface area contributed by atoms with Gasteiger partial charge in [-0.15, -0.1) is 12.8 Å². The van der Waals surface area contributed by atoms with E-state index < -0.39 is 0 Å². The second-order valence-corrected chi connectivity index (χ2v) is 10.2. The number of unbranched alkanes of at least 4 members (excludes halogenated alkanes) is 3. The van der Waals surface area contributed by atoms with Crippen molar-refractivity contribution in [1.29, 1.82) is 0 Å². The molecule has 2 aromatic rings. The molecule has 42 heavy (non-hydrogen) atoms. The van der Waals surface area contributed by atoms with E-state index in [2.05, 4.69) is 40.4 Å². The standard InChI is InChI=1S/C20H28N2O3.C9H17N.C2H6.C2H2.CH3NO/c1-4-15(23)9-7-5-6-8-10-20-21-14-18(22-20)17-12-11-16(24-2)13-19(17)25-3;1-2-10-7-5-9(3-4-9)6-8-10;2*1-2;2-1-3/h11-14H,4-10H2,1-3H3,(H,21,22);2-8H2,1H3;1-2H3;1-2H;1H,(H2,2,3). The van der Waals surface area contributed by atoms with Crippen LogP contribution in [0.25, 0.3) is 11.3 Å². The number of imidazole rings is 1. The van der Waals surface area contributed by atoms with Gasteiger partial charge in [-0.1, -0.05) is 40.5 Å². The molecule has 0 bridgehead atoms. The van der Waals surface area contributed by atoms with Crippen molar-refractivity contribution >= 4 is 12.2 Å². The van der Waals surface area contributed by atoms with Crippen molar-refractivity contribution in [1.82, 2.24) is 14.9 Å². The molecule has 0 radical (unpaired) electrons. The fourth-order valence-corrected chi connectivity index (χ4v) is 4.81. The molecule has 3 N–H and O–H groups in total. The number of ketones is 1. The van der Waals surface area contributed by atoms with Gasteiger partial charge >= 0.3 is 0 Å². The minimum absolute atomic E-state index is 0.250. The van der Waals surface area contributed by atoms with Crippen LogP contribution >= 0.6 is 0 Å². The summed E-state index contributed by atoms with van der Waals surface area (Å²) < 4.78 is 10.7. The minimum atomic E-state index is 0.250. The minimum Gasteiger partial charge on any atom is -0.497 e. The van der Waals surface area contributed by atoms with E-state index in [4.69, 9.17) is 14.3 Å². The molecule has 2 aliphatic rings. The number of aromatic nitrogens is 2. The highest BCUT2D eigenvalue weighted by atomic mass is 16.5. The van der Waals surface area contributed by atoms with Crippen LogP contribution < -0.4 is 15.2 Å². The third-order valence-electron chi connectivity index (χ3n) is 7.66. The summed E-state index contributed by atoms with van der Waals surface area (Å²) in [7, 11) is 3.29. The maximum Gasteiger partial charge on any atom is 0.204 e. The van der Waals surface area contributed by atoms with Gasteiger partial charge in [-0.05, 0) is 75.7 Å². The number of nitrogens with zero attached hydrogens (tertiary/aromatic N) is 2. The number of primary amides is 1. The van der Waals surface area contributed by atoms with E-state index >= 15 is 0 Å². The average molecular weight is 585 g/mol. The van der Waals surface area contributed by atoms with Crippen molar-refractivity contribution in [2.45, 2.75) is 98.3 Å². The number of methoxy groups -OCH3 is 2. The number of terminal acetylenes is 1. The van der Waals surface area contributed by atoms with E-state index in [1.807, 2.05) is 45.2 Å². The van der Waals surface area contributed by atoms with Crippen LogP contribution in [-0.4, -0.2) is 60.9 Å². The summed E-state index contributed by atoms with van der Waals surface area (Å²) >= 11 is 0. The van der Waals surface area contributed by atoms with E-state index in [1.54, 1.807) is 14.2 Å². The monoisotopic (exact) mass is 584 g/mol. The number of Topliss-reactive ketones (excluding diaryl/α,β-unsaturated/α-hetero) is 1. The molecule has 0 atom stereocenters. The molecule has 8 nitrogen and oxygen atoms in total. The Labute approximate surface area is 255 Å². The topological polar surface area (TPSA) is 111 Å². The van der Waals surface area contributed by atoms with Crippen molar-refractivity contribution < 1.29 is 19.1 Å². The summed E-state index contributed by atoms with van der Waals surface area (Å²) in [5.74, 6) is 2.87. The molecule has 1 amide bonds. The molecule has 236 valence electrons. The summed E-state index contributed by atoms with van der Waals surface area (Å²) in [4.78, 5) is 30.3. The molecule has 1 saturated heterocycles. The van der Waals surface area contributed by atoms with Gasteiger partial charge in [-0.25, -0.2) is 4.98 Å². The Morgan fingerprint density at radius 1 is 1.05 bits per heavy atom. The first-order valence-corrected chi connectivity index (χ1v) is 15.4. The SMILES string of the molecule is C#C.CC.CCC(=O)CCCCCCc1ncc(-c2ccc(OC)cc2OC)[nH]1.CCN1CCC2(CC1)CC2.NC=O. The van der Waals surface area contributed by atoms with Crippen molar-refractivity contribution in [2.75, 3.05) is 33.9 Å². The van der Waals surface area contributed by atoms with E-state index in [9.17, 15) is 4.79 Å². The molecule has 2 fully saturated rings. The molecule has 1 aromatic carbocycles. The van der Waals surface area contributed by atoms with Crippen LogP contribution in [0.1, 0.15) is 97.7 Å².